The van der Waals surface area contributed by atoms with E-state index < -0.39 is 4.92 Å². The Bertz CT molecular complexity index is 548. The second-order valence-corrected chi connectivity index (χ2v) is 5.82. The molecular formula is C15H20N2O4. The molecule has 0 bridgehead atoms. The van der Waals surface area contributed by atoms with E-state index in [1.54, 1.807) is 12.1 Å². The Kier molecular flexibility index (Phi) is 3.71. The van der Waals surface area contributed by atoms with Gasteiger partial charge in [0.2, 0.25) is 0 Å². The molecule has 114 valence electrons. The van der Waals surface area contributed by atoms with Crippen molar-refractivity contribution in [1.82, 2.24) is 0 Å². The Hall–Kier alpha value is -1.82. The molecule has 21 heavy (non-hydrogen) atoms. The first kappa shape index (κ1) is 14.1. The van der Waals surface area contributed by atoms with Crippen LogP contribution in [0.4, 0.5) is 11.4 Å². The minimum Gasteiger partial charge on any atom is -0.487 e. The van der Waals surface area contributed by atoms with Crippen LogP contribution < -0.4 is 9.64 Å². The molecule has 1 saturated carbocycles. The van der Waals surface area contributed by atoms with Crippen molar-refractivity contribution < 1.29 is 14.8 Å². The van der Waals surface area contributed by atoms with Crippen molar-refractivity contribution in [3.63, 3.8) is 0 Å². The van der Waals surface area contributed by atoms with Crippen LogP contribution in [0.25, 0.3) is 0 Å². The fourth-order valence-electron chi connectivity index (χ4n) is 3.57. The quantitative estimate of drug-likeness (QED) is 0.680. The molecule has 3 atom stereocenters. The van der Waals surface area contributed by atoms with Gasteiger partial charge in [0, 0.05) is 36.8 Å². The number of anilines is 1. The third-order valence-electron chi connectivity index (χ3n) is 4.62. The molecule has 2 aliphatic rings. The zero-order valence-corrected chi connectivity index (χ0v) is 12.1. The fraction of sp³-hybridized carbons (Fsp3) is 0.600. The molecule has 1 saturated heterocycles. The van der Waals surface area contributed by atoms with Crippen LogP contribution in [-0.4, -0.2) is 35.8 Å². The minimum atomic E-state index is -0.419. The fourth-order valence-corrected chi connectivity index (χ4v) is 3.57. The van der Waals surface area contributed by atoms with Crippen LogP contribution in [0.2, 0.25) is 0 Å². The molecule has 1 N–H and O–H groups in total. The number of aliphatic hydroxyl groups excluding tert-OH is 1. The topological polar surface area (TPSA) is 75.8 Å². The second kappa shape index (κ2) is 5.52. The van der Waals surface area contributed by atoms with Crippen molar-refractivity contribution in [2.45, 2.75) is 25.9 Å². The summed E-state index contributed by atoms with van der Waals surface area (Å²) in [7, 11) is 0. The monoisotopic (exact) mass is 292 g/mol. The Morgan fingerprint density at radius 3 is 2.90 bits per heavy atom. The van der Waals surface area contributed by atoms with Gasteiger partial charge in [0.15, 0.2) is 5.75 Å². The number of nitro benzene ring substituents is 1. The Morgan fingerprint density at radius 1 is 1.43 bits per heavy atom. The lowest BCUT2D eigenvalue weighted by molar-refractivity contribution is -0.385. The van der Waals surface area contributed by atoms with Crippen LogP contribution in [0.15, 0.2) is 18.2 Å². The maximum atomic E-state index is 11.0. The summed E-state index contributed by atoms with van der Waals surface area (Å²) in [6.45, 7) is 3.93. The van der Waals surface area contributed by atoms with E-state index in [0.29, 0.717) is 24.2 Å². The van der Waals surface area contributed by atoms with E-state index in [1.807, 2.05) is 6.92 Å². The van der Waals surface area contributed by atoms with E-state index in [2.05, 4.69) is 4.90 Å². The van der Waals surface area contributed by atoms with E-state index >= 15 is 0 Å². The lowest BCUT2D eigenvalue weighted by atomic mass is 10.00. The van der Waals surface area contributed by atoms with E-state index in [1.165, 1.54) is 6.07 Å². The maximum Gasteiger partial charge on any atom is 0.311 e. The highest BCUT2D eigenvalue weighted by Crippen LogP contribution is 2.41. The van der Waals surface area contributed by atoms with Crippen LogP contribution in [-0.2, 0) is 0 Å². The Labute approximate surface area is 123 Å². The summed E-state index contributed by atoms with van der Waals surface area (Å²) in [4.78, 5) is 12.8. The van der Waals surface area contributed by atoms with Crippen LogP contribution in [0.5, 0.6) is 5.75 Å². The largest absolute Gasteiger partial charge is 0.487 e. The molecule has 0 amide bonds. The molecule has 6 nitrogen and oxygen atoms in total. The van der Waals surface area contributed by atoms with Crippen molar-refractivity contribution >= 4 is 11.4 Å². The number of hydrogen-bond acceptors (Lipinski definition) is 5. The van der Waals surface area contributed by atoms with Gasteiger partial charge in [-0.15, -0.1) is 0 Å². The van der Waals surface area contributed by atoms with Crippen LogP contribution >= 0.6 is 0 Å². The number of ether oxygens (including phenoxy) is 1. The van der Waals surface area contributed by atoms with E-state index in [-0.39, 0.29) is 11.8 Å². The summed E-state index contributed by atoms with van der Waals surface area (Å²) in [5.41, 5.74) is 0.936. The van der Waals surface area contributed by atoms with Gasteiger partial charge in [-0.2, -0.15) is 0 Å². The third kappa shape index (κ3) is 2.55. The highest BCUT2D eigenvalue weighted by Gasteiger charge is 2.42. The summed E-state index contributed by atoms with van der Waals surface area (Å²) in [6, 6.07) is 5.02. The first-order valence-electron chi connectivity index (χ1n) is 7.44. The molecule has 1 aliphatic heterocycles. The van der Waals surface area contributed by atoms with Gasteiger partial charge in [-0.1, -0.05) is 0 Å². The summed E-state index contributed by atoms with van der Waals surface area (Å²) in [6.07, 6.45) is 1.76. The smallest absolute Gasteiger partial charge is 0.311 e. The first-order valence-corrected chi connectivity index (χ1v) is 7.44. The number of nitrogens with zero attached hydrogens (tertiary/aromatic N) is 2. The van der Waals surface area contributed by atoms with Crippen LogP contribution in [0.1, 0.15) is 19.8 Å². The number of rotatable bonds is 4. The molecule has 2 fully saturated rings. The van der Waals surface area contributed by atoms with Crippen LogP contribution in [0, 0.1) is 22.0 Å². The standard InChI is InChI=1S/C15H20N2O4/c1-2-21-15-7-11(4-5-13(15)17(19)20)16-8-10-3-6-14(18)12(10)9-16/h4-5,7,10,12,14,18H,2-3,6,8-9H2,1H3. The van der Waals surface area contributed by atoms with Gasteiger partial charge in [0.25, 0.3) is 0 Å². The van der Waals surface area contributed by atoms with Gasteiger partial charge in [-0.05, 0) is 31.7 Å². The number of benzene rings is 1. The van der Waals surface area contributed by atoms with Crippen molar-refractivity contribution in [3.8, 4) is 5.75 Å². The van der Waals surface area contributed by atoms with Gasteiger partial charge >= 0.3 is 5.69 Å². The summed E-state index contributed by atoms with van der Waals surface area (Å²) in [5, 5.41) is 21.0. The summed E-state index contributed by atoms with van der Waals surface area (Å²) < 4.78 is 5.40. The number of nitro groups is 1. The Morgan fingerprint density at radius 2 is 2.24 bits per heavy atom. The molecular weight excluding hydrogens is 272 g/mol. The van der Waals surface area contributed by atoms with Gasteiger partial charge in [-0.3, -0.25) is 10.1 Å². The van der Waals surface area contributed by atoms with Crippen LogP contribution in [0.3, 0.4) is 0 Å². The lowest BCUT2D eigenvalue weighted by Gasteiger charge is -2.21. The van der Waals surface area contributed by atoms with Gasteiger partial charge in [-0.25, -0.2) is 0 Å². The predicted molar refractivity (Wildman–Crippen MR) is 78.7 cm³/mol. The average Bonchev–Trinajstić information content (AvgIpc) is 3.01. The highest BCUT2D eigenvalue weighted by atomic mass is 16.6. The number of hydrogen-bond donors (Lipinski definition) is 1. The van der Waals surface area contributed by atoms with Crippen molar-refractivity contribution in [1.29, 1.82) is 0 Å². The van der Waals surface area contributed by atoms with Crippen molar-refractivity contribution in [2.75, 3.05) is 24.6 Å². The molecule has 0 aromatic heterocycles. The molecule has 0 spiro atoms. The summed E-state index contributed by atoms with van der Waals surface area (Å²) in [5.74, 6) is 1.18. The third-order valence-corrected chi connectivity index (χ3v) is 4.62. The van der Waals surface area contributed by atoms with Gasteiger partial charge in [0.1, 0.15) is 0 Å². The van der Waals surface area contributed by atoms with Gasteiger partial charge in [0.05, 0.1) is 17.6 Å². The number of fused-ring (bicyclic) bond motifs is 1. The summed E-state index contributed by atoms with van der Waals surface area (Å²) >= 11 is 0. The molecule has 3 rings (SSSR count). The normalized spacial score (nSPS) is 27.7. The lowest BCUT2D eigenvalue weighted by Crippen LogP contribution is -2.24. The average molecular weight is 292 g/mol. The molecule has 0 radical (unpaired) electrons. The first-order chi connectivity index (χ1) is 10.1. The van der Waals surface area contributed by atoms with Crippen molar-refractivity contribution in [2.24, 2.45) is 11.8 Å². The molecule has 3 unspecified atom stereocenters. The second-order valence-electron chi connectivity index (χ2n) is 5.82. The molecule has 6 heteroatoms. The van der Waals surface area contributed by atoms with E-state index in [9.17, 15) is 15.2 Å². The van der Waals surface area contributed by atoms with Crippen molar-refractivity contribution in [3.05, 3.63) is 28.3 Å². The Balaban J connectivity index is 1.83. The maximum absolute atomic E-state index is 11.0. The van der Waals surface area contributed by atoms with E-state index in [4.69, 9.17) is 4.74 Å². The zero-order valence-electron chi connectivity index (χ0n) is 12.1. The predicted octanol–water partition coefficient (Wildman–Crippen LogP) is 2.20. The SMILES string of the molecule is CCOc1cc(N2CC3CCC(O)C3C2)ccc1[N+](=O)[O-]. The van der Waals surface area contributed by atoms with E-state index in [0.717, 1.165) is 31.6 Å². The molecule has 1 aromatic rings. The highest BCUT2D eigenvalue weighted by molar-refractivity contribution is 5.60. The zero-order chi connectivity index (χ0) is 15.0. The molecule has 1 heterocycles. The van der Waals surface area contributed by atoms with Gasteiger partial charge < -0.3 is 14.7 Å². The number of aliphatic hydroxyl groups is 1. The minimum absolute atomic E-state index is 0.0000239. The molecule has 1 aromatic carbocycles. The molecule has 1 aliphatic carbocycles.